The third-order valence-corrected chi connectivity index (χ3v) is 4.93. The van der Waals surface area contributed by atoms with Crippen molar-refractivity contribution in [1.29, 1.82) is 0 Å². The monoisotopic (exact) mass is 381 g/mol. The number of hydrogen-bond donors (Lipinski definition) is 1. The van der Waals surface area contributed by atoms with Gasteiger partial charge in [0.15, 0.2) is 0 Å². The molecular weight excluding hydrogens is 358 g/mol. The van der Waals surface area contributed by atoms with Gasteiger partial charge in [-0.3, -0.25) is 4.72 Å². The average molecular weight is 382 g/mol. The van der Waals surface area contributed by atoms with Crippen molar-refractivity contribution >= 4 is 38.5 Å². The summed E-state index contributed by atoms with van der Waals surface area (Å²) in [5.41, 5.74) is 4.80. The molecule has 140 valence electrons. The van der Waals surface area contributed by atoms with Gasteiger partial charge in [-0.05, 0) is 60.7 Å². The average Bonchev–Trinajstić information content (AvgIpc) is 2.67. The lowest BCUT2D eigenvalue weighted by Crippen LogP contribution is -2.12. The number of nitrogens with zero attached hydrogens (tertiary/aromatic N) is 2. The van der Waals surface area contributed by atoms with Gasteiger partial charge in [-0.2, -0.15) is 0 Å². The van der Waals surface area contributed by atoms with Crippen LogP contribution in [0.25, 0.3) is 0 Å². The van der Waals surface area contributed by atoms with Crippen LogP contribution in [-0.4, -0.2) is 28.8 Å². The summed E-state index contributed by atoms with van der Waals surface area (Å²) in [5, 5.41) is 0. The first-order valence-electron chi connectivity index (χ1n) is 8.54. The Hall–Kier alpha value is -2.99. The summed E-state index contributed by atoms with van der Waals surface area (Å²) in [6, 6.07) is 25.8. The van der Waals surface area contributed by atoms with Crippen molar-refractivity contribution in [3.8, 4) is 0 Å². The van der Waals surface area contributed by atoms with Crippen molar-refractivity contribution in [3.63, 3.8) is 0 Å². The molecule has 6 heteroatoms. The van der Waals surface area contributed by atoms with Gasteiger partial charge >= 0.3 is 0 Å². The van der Waals surface area contributed by atoms with E-state index in [-0.39, 0.29) is 0 Å². The lowest BCUT2D eigenvalue weighted by Gasteiger charge is -2.23. The van der Waals surface area contributed by atoms with Gasteiger partial charge in [0.25, 0.3) is 0 Å². The molecule has 0 spiro atoms. The highest BCUT2D eigenvalue weighted by atomic mass is 32.2. The maximum atomic E-state index is 11.3. The van der Waals surface area contributed by atoms with Gasteiger partial charge < -0.3 is 9.80 Å². The van der Waals surface area contributed by atoms with Gasteiger partial charge in [-0.1, -0.05) is 18.2 Å². The summed E-state index contributed by atoms with van der Waals surface area (Å²) in [7, 11) is 0.758. The normalized spacial score (nSPS) is 11.1. The van der Waals surface area contributed by atoms with Crippen LogP contribution in [-0.2, 0) is 10.0 Å². The number of sulfonamides is 1. The number of anilines is 5. The third-order valence-electron chi connectivity index (χ3n) is 4.33. The van der Waals surface area contributed by atoms with Crippen LogP contribution in [0.2, 0.25) is 0 Å². The molecule has 3 rings (SSSR count). The van der Waals surface area contributed by atoms with Crippen LogP contribution in [0.5, 0.6) is 0 Å². The minimum absolute atomic E-state index is 0.550. The zero-order valence-electron chi connectivity index (χ0n) is 15.6. The molecule has 0 unspecified atom stereocenters. The second-order valence-electron chi connectivity index (χ2n) is 6.39. The molecule has 0 aliphatic heterocycles. The van der Waals surface area contributed by atoms with Crippen LogP contribution < -0.4 is 14.5 Å². The standard InChI is InChI=1S/C21H23N3O2S/c1-23(18-7-5-4-6-8-18)20-13-15-21(16-14-20)24(2)19-11-9-17(10-12-19)22-27(3,25)26/h4-16,22H,1-3H3. The number of rotatable bonds is 6. The number of hydrogen-bond acceptors (Lipinski definition) is 4. The molecule has 3 aromatic rings. The molecule has 0 amide bonds. The summed E-state index contributed by atoms with van der Waals surface area (Å²) in [6.07, 6.45) is 1.14. The summed E-state index contributed by atoms with van der Waals surface area (Å²) < 4.78 is 25.1. The molecule has 0 aliphatic carbocycles. The van der Waals surface area contributed by atoms with E-state index in [0.29, 0.717) is 5.69 Å². The molecule has 0 aliphatic rings. The minimum atomic E-state index is -3.27. The Morgan fingerprint density at radius 1 is 0.630 bits per heavy atom. The third kappa shape index (κ3) is 4.80. The molecule has 1 N–H and O–H groups in total. The van der Waals surface area contributed by atoms with Crippen molar-refractivity contribution in [3.05, 3.63) is 78.9 Å². The summed E-state index contributed by atoms with van der Waals surface area (Å²) in [4.78, 5) is 4.19. The number of nitrogens with one attached hydrogen (secondary N) is 1. The van der Waals surface area contributed by atoms with E-state index in [2.05, 4.69) is 50.9 Å². The van der Waals surface area contributed by atoms with Crippen LogP contribution >= 0.6 is 0 Å². The molecule has 5 nitrogen and oxygen atoms in total. The summed E-state index contributed by atoms with van der Waals surface area (Å²) in [6.45, 7) is 0. The molecular formula is C21H23N3O2S. The van der Waals surface area contributed by atoms with Gasteiger partial charge in [0.1, 0.15) is 0 Å². The van der Waals surface area contributed by atoms with E-state index in [9.17, 15) is 8.42 Å². The van der Waals surface area contributed by atoms with Gasteiger partial charge in [0.05, 0.1) is 6.26 Å². The molecule has 0 saturated carbocycles. The lowest BCUT2D eigenvalue weighted by molar-refractivity contribution is 0.607. The van der Waals surface area contributed by atoms with E-state index in [1.165, 1.54) is 0 Å². The van der Waals surface area contributed by atoms with Crippen molar-refractivity contribution in [2.24, 2.45) is 0 Å². The fourth-order valence-corrected chi connectivity index (χ4v) is 3.38. The van der Waals surface area contributed by atoms with E-state index in [0.717, 1.165) is 29.0 Å². The molecule has 0 saturated heterocycles. The predicted octanol–water partition coefficient (Wildman–Crippen LogP) is 4.59. The maximum absolute atomic E-state index is 11.3. The molecule has 0 bridgehead atoms. The van der Waals surface area contributed by atoms with Gasteiger partial charge in [0, 0.05) is 42.5 Å². The van der Waals surface area contributed by atoms with Crippen molar-refractivity contribution < 1.29 is 8.42 Å². The highest BCUT2D eigenvalue weighted by Crippen LogP contribution is 2.29. The fraction of sp³-hybridized carbons (Fsp3) is 0.143. The first-order chi connectivity index (χ1) is 12.8. The second kappa shape index (κ2) is 7.72. The summed E-state index contributed by atoms with van der Waals surface area (Å²) >= 11 is 0. The number of benzene rings is 3. The van der Waals surface area contributed by atoms with Gasteiger partial charge in [-0.15, -0.1) is 0 Å². The van der Waals surface area contributed by atoms with E-state index >= 15 is 0 Å². The van der Waals surface area contributed by atoms with Crippen molar-refractivity contribution in [2.45, 2.75) is 0 Å². The van der Waals surface area contributed by atoms with Crippen LogP contribution in [0.3, 0.4) is 0 Å². The van der Waals surface area contributed by atoms with Crippen LogP contribution in [0.15, 0.2) is 78.9 Å². The Morgan fingerprint density at radius 2 is 1.00 bits per heavy atom. The number of para-hydroxylation sites is 1. The van der Waals surface area contributed by atoms with E-state index < -0.39 is 10.0 Å². The molecule has 27 heavy (non-hydrogen) atoms. The molecule has 3 aromatic carbocycles. The Morgan fingerprint density at radius 3 is 1.41 bits per heavy atom. The summed E-state index contributed by atoms with van der Waals surface area (Å²) in [5.74, 6) is 0. The molecule has 0 aromatic heterocycles. The van der Waals surface area contributed by atoms with Gasteiger partial charge in [-0.25, -0.2) is 8.42 Å². The van der Waals surface area contributed by atoms with Crippen molar-refractivity contribution in [2.75, 3.05) is 34.9 Å². The first-order valence-corrected chi connectivity index (χ1v) is 10.4. The Labute approximate surface area is 160 Å². The van der Waals surface area contributed by atoms with Crippen LogP contribution in [0.4, 0.5) is 28.4 Å². The highest BCUT2D eigenvalue weighted by molar-refractivity contribution is 7.92. The predicted molar refractivity (Wildman–Crippen MR) is 114 cm³/mol. The smallest absolute Gasteiger partial charge is 0.229 e. The highest BCUT2D eigenvalue weighted by Gasteiger charge is 2.08. The quantitative estimate of drug-likeness (QED) is 0.678. The zero-order valence-corrected chi connectivity index (χ0v) is 16.4. The largest absolute Gasteiger partial charge is 0.345 e. The molecule has 0 fully saturated rings. The van der Waals surface area contributed by atoms with Crippen LogP contribution in [0, 0.1) is 0 Å². The van der Waals surface area contributed by atoms with E-state index in [1.54, 1.807) is 12.1 Å². The first kappa shape index (κ1) is 18.8. The lowest BCUT2D eigenvalue weighted by atomic mass is 10.2. The fourth-order valence-electron chi connectivity index (χ4n) is 2.82. The minimum Gasteiger partial charge on any atom is -0.345 e. The van der Waals surface area contributed by atoms with Crippen molar-refractivity contribution in [1.82, 2.24) is 0 Å². The molecule has 0 radical (unpaired) electrons. The molecule has 0 heterocycles. The van der Waals surface area contributed by atoms with Crippen LogP contribution in [0.1, 0.15) is 0 Å². The topological polar surface area (TPSA) is 52.6 Å². The van der Waals surface area contributed by atoms with E-state index in [4.69, 9.17) is 0 Å². The van der Waals surface area contributed by atoms with Gasteiger partial charge in [0.2, 0.25) is 10.0 Å². The SMILES string of the molecule is CN(c1ccccc1)c1ccc(N(C)c2ccc(NS(C)(=O)=O)cc2)cc1. The molecule has 0 atom stereocenters. The maximum Gasteiger partial charge on any atom is 0.229 e. The zero-order chi connectivity index (χ0) is 19.4. The second-order valence-corrected chi connectivity index (χ2v) is 8.14. The Balaban J connectivity index is 1.75. The Bertz CT molecular complexity index is 986. The van der Waals surface area contributed by atoms with E-state index in [1.807, 2.05) is 44.4 Å². The Kier molecular flexibility index (Phi) is 5.37.